The molecular weight excluding hydrogens is 303 g/mol. The van der Waals surface area contributed by atoms with Crippen molar-refractivity contribution in [3.63, 3.8) is 0 Å². The minimum atomic E-state index is 0.651. The Hall–Kier alpha value is -1.90. The van der Waals surface area contributed by atoms with Crippen LogP contribution in [0.1, 0.15) is 5.56 Å². The lowest BCUT2D eigenvalue weighted by molar-refractivity contribution is 1.07. The topological polar surface area (TPSA) is 17.0 Å². The van der Waals surface area contributed by atoms with Crippen LogP contribution in [0.2, 0.25) is 10.0 Å². The van der Waals surface area contributed by atoms with Crippen LogP contribution in [0.15, 0.2) is 67.0 Å². The zero-order chi connectivity index (χ0) is 14.7. The third kappa shape index (κ3) is 3.41. The number of hydrogen-bond acceptors (Lipinski definition) is 1. The van der Waals surface area contributed by atoms with Gasteiger partial charge in [-0.15, -0.1) is 0 Å². The molecule has 0 saturated heterocycles. The van der Waals surface area contributed by atoms with Crippen LogP contribution in [-0.4, -0.2) is 4.57 Å². The monoisotopic (exact) mass is 316 g/mol. The van der Waals surface area contributed by atoms with Crippen molar-refractivity contribution >= 4 is 28.9 Å². The van der Waals surface area contributed by atoms with Crippen LogP contribution in [0.4, 0.5) is 5.69 Å². The molecule has 0 saturated carbocycles. The highest BCUT2D eigenvalue weighted by molar-refractivity contribution is 6.35. The van der Waals surface area contributed by atoms with Gasteiger partial charge in [0.05, 0.1) is 0 Å². The Morgan fingerprint density at radius 1 is 0.905 bits per heavy atom. The third-order valence-corrected chi connectivity index (χ3v) is 3.83. The first kappa shape index (κ1) is 14.1. The van der Waals surface area contributed by atoms with Gasteiger partial charge >= 0.3 is 0 Å². The van der Waals surface area contributed by atoms with Crippen LogP contribution in [-0.2, 0) is 6.54 Å². The summed E-state index contributed by atoms with van der Waals surface area (Å²) in [7, 11) is 0. The van der Waals surface area contributed by atoms with Crippen LogP contribution in [0, 0.1) is 0 Å². The van der Waals surface area contributed by atoms with Gasteiger partial charge in [0.15, 0.2) is 0 Å². The van der Waals surface area contributed by atoms with Gasteiger partial charge in [0.2, 0.25) is 0 Å². The summed E-state index contributed by atoms with van der Waals surface area (Å²) in [6.45, 7) is 0.658. The van der Waals surface area contributed by atoms with Crippen LogP contribution >= 0.6 is 23.2 Å². The molecule has 0 aliphatic carbocycles. The summed E-state index contributed by atoms with van der Waals surface area (Å²) in [5, 5.41) is 4.71. The average Bonchev–Trinajstić information content (AvgIpc) is 3.01. The van der Waals surface area contributed by atoms with E-state index in [0.29, 0.717) is 16.6 Å². The van der Waals surface area contributed by atoms with Gasteiger partial charge in [-0.2, -0.15) is 0 Å². The van der Waals surface area contributed by atoms with Crippen molar-refractivity contribution in [3.05, 3.63) is 82.6 Å². The molecule has 3 aromatic rings. The van der Waals surface area contributed by atoms with E-state index in [1.165, 1.54) is 0 Å². The fourth-order valence-electron chi connectivity index (χ4n) is 2.15. The minimum absolute atomic E-state index is 0.651. The summed E-state index contributed by atoms with van der Waals surface area (Å²) >= 11 is 12.1. The predicted octanol–water partition coefficient (Wildman–Crippen LogP) is 5.40. The van der Waals surface area contributed by atoms with Gasteiger partial charge < -0.3 is 9.88 Å². The number of anilines is 1. The highest BCUT2D eigenvalue weighted by Crippen LogP contribution is 2.22. The summed E-state index contributed by atoms with van der Waals surface area (Å²) in [5.41, 5.74) is 3.19. The van der Waals surface area contributed by atoms with E-state index in [-0.39, 0.29) is 0 Å². The molecule has 106 valence electrons. The number of halogens is 2. The molecule has 0 spiro atoms. The zero-order valence-corrected chi connectivity index (χ0v) is 12.8. The van der Waals surface area contributed by atoms with Crippen LogP contribution in [0.3, 0.4) is 0 Å². The van der Waals surface area contributed by atoms with E-state index < -0.39 is 0 Å². The summed E-state index contributed by atoms with van der Waals surface area (Å²) in [6, 6.07) is 17.8. The molecule has 0 aliphatic heterocycles. The molecule has 1 heterocycles. The molecule has 3 rings (SSSR count). The number of rotatable bonds is 4. The summed E-state index contributed by atoms with van der Waals surface area (Å²) in [6.07, 6.45) is 4.05. The van der Waals surface area contributed by atoms with Crippen molar-refractivity contribution in [2.24, 2.45) is 0 Å². The van der Waals surface area contributed by atoms with Gasteiger partial charge in [-0.3, -0.25) is 0 Å². The average molecular weight is 317 g/mol. The molecule has 2 nitrogen and oxygen atoms in total. The van der Waals surface area contributed by atoms with Crippen LogP contribution in [0.25, 0.3) is 5.69 Å². The van der Waals surface area contributed by atoms with E-state index in [1.54, 1.807) is 6.07 Å². The van der Waals surface area contributed by atoms with E-state index in [0.717, 1.165) is 16.9 Å². The molecule has 1 aromatic heterocycles. The smallest absolute Gasteiger partial charge is 0.0470 e. The van der Waals surface area contributed by atoms with Gasteiger partial charge in [0.25, 0.3) is 0 Å². The molecule has 21 heavy (non-hydrogen) atoms. The molecule has 0 amide bonds. The summed E-state index contributed by atoms with van der Waals surface area (Å²) < 4.78 is 2.07. The lowest BCUT2D eigenvalue weighted by Crippen LogP contribution is -2.01. The number of nitrogens with zero attached hydrogens (tertiary/aromatic N) is 1. The van der Waals surface area contributed by atoms with E-state index in [2.05, 4.69) is 22.0 Å². The fourth-order valence-corrected chi connectivity index (χ4v) is 2.62. The van der Waals surface area contributed by atoms with Gasteiger partial charge in [-0.25, -0.2) is 0 Å². The van der Waals surface area contributed by atoms with Gasteiger partial charge in [0, 0.05) is 40.4 Å². The molecule has 0 atom stereocenters. The van der Waals surface area contributed by atoms with E-state index in [4.69, 9.17) is 23.2 Å². The van der Waals surface area contributed by atoms with Crippen molar-refractivity contribution in [1.29, 1.82) is 0 Å². The Morgan fingerprint density at radius 2 is 1.71 bits per heavy atom. The largest absolute Gasteiger partial charge is 0.381 e. The van der Waals surface area contributed by atoms with Gasteiger partial charge in [0.1, 0.15) is 0 Å². The second kappa shape index (κ2) is 6.25. The molecule has 4 heteroatoms. The summed E-state index contributed by atoms with van der Waals surface area (Å²) in [5.74, 6) is 0. The molecule has 0 bridgehead atoms. The lowest BCUT2D eigenvalue weighted by Gasteiger charge is -2.10. The first-order valence-electron chi connectivity index (χ1n) is 6.63. The van der Waals surface area contributed by atoms with Crippen molar-refractivity contribution in [1.82, 2.24) is 4.57 Å². The number of benzene rings is 2. The molecule has 2 aromatic carbocycles. The molecule has 0 unspecified atom stereocenters. The van der Waals surface area contributed by atoms with E-state index in [9.17, 15) is 0 Å². The normalized spacial score (nSPS) is 10.6. The standard InChI is InChI=1S/C17H14Cl2N2/c18-14-7-6-13(17(19)10-14)12-20-15-4-3-5-16(11-15)21-8-1-2-9-21/h1-11,20H,12H2. The maximum absolute atomic E-state index is 6.18. The summed E-state index contributed by atoms with van der Waals surface area (Å²) in [4.78, 5) is 0. The first-order valence-corrected chi connectivity index (χ1v) is 7.39. The Labute approximate surface area is 133 Å². The number of hydrogen-bond donors (Lipinski definition) is 1. The minimum Gasteiger partial charge on any atom is -0.381 e. The Kier molecular flexibility index (Phi) is 4.18. The highest BCUT2D eigenvalue weighted by Gasteiger charge is 2.02. The van der Waals surface area contributed by atoms with Gasteiger partial charge in [-0.05, 0) is 48.0 Å². The Balaban J connectivity index is 1.75. The maximum atomic E-state index is 6.18. The molecular formula is C17H14Cl2N2. The Bertz CT molecular complexity index is 736. The second-order valence-electron chi connectivity index (χ2n) is 4.73. The first-order chi connectivity index (χ1) is 10.2. The quantitative estimate of drug-likeness (QED) is 0.682. The fraction of sp³-hybridized carbons (Fsp3) is 0.0588. The number of nitrogens with one attached hydrogen (secondary N) is 1. The maximum Gasteiger partial charge on any atom is 0.0470 e. The predicted molar refractivity (Wildman–Crippen MR) is 89.6 cm³/mol. The second-order valence-corrected chi connectivity index (χ2v) is 5.57. The van der Waals surface area contributed by atoms with Crippen molar-refractivity contribution < 1.29 is 0 Å². The molecule has 0 aliphatic rings. The van der Waals surface area contributed by atoms with Crippen molar-refractivity contribution in [2.75, 3.05) is 5.32 Å². The number of aromatic nitrogens is 1. The van der Waals surface area contributed by atoms with E-state index in [1.807, 2.05) is 48.8 Å². The lowest BCUT2D eigenvalue weighted by atomic mass is 10.2. The molecule has 1 N–H and O–H groups in total. The third-order valence-electron chi connectivity index (χ3n) is 3.25. The van der Waals surface area contributed by atoms with Crippen LogP contribution < -0.4 is 5.32 Å². The highest BCUT2D eigenvalue weighted by atomic mass is 35.5. The van der Waals surface area contributed by atoms with Crippen molar-refractivity contribution in [3.8, 4) is 5.69 Å². The molecule has 0 radical (unpaired) electrons. The SMILES string of the molecule is Clc1ccc(CNc2cccc(-n3cccc3)c2)c(Cl)c1. The molecule has 0 fully saturated rings. The zero-order valence-electron chi connectivity index (χ0n) is 11.3. The van der Waals surface area contributed by atoms with E-state index >= 15 is 0 Å². The van der Waals surface area contributed by atoms with Gasteiger partial charge in [-0.1, -0.05) is 35.3 Å². The Morgan fingerprint density at radius 3 is 2.48 bits per heavy atom. The van der Waals surface area contributed by atoms with Crippen molar-refractivity contribution in [2.45, 2.75) is 6.54 Å². The van der Waals surface area contributed by atoms with Crippen LogP contribution in [0.5, 0.6) is 0 Å².